The van der Waals surface area contributed by atoms with Gasteiger partial charge in [0.25, 0.3) is 0 Å². The third-order valence-electron chi connectivity index (χ3n) is 8.98. The number of carbonyl (C=O) groups excluding carboxylic acids is 2. The van der Waals surface area contributed by atoms with Crippen molar-refractivity contribution in [2.24, 2.45) is 0 Å². The van der Waals surface area contributed by atoms with Gasteiger partial charge in [-0.05, 0) is 13.8 Å². The quantitative estimate of drug-likeness (QED) is 0.0623. The summed E-state index contributed by atoms with van der Waals surface area (Å²) in [5.41, 5.74) is 0.476. The van der Waals surface area contributed by atoms with Crippen LogP contribution in [-0.4, -0.2) is 220 Å². The van der Waals surface area contributed by atoms with Gasteiger partial charge < -0.3 is 50.5 Å². The first-order valence-electron chi connectivity index (χ1n) is 19.5. The number of β-amino-alcohol motifs (C(OH)–C–C–N with tert-alkyl or cyclic N) is 3. The topological polar surface area (TPSA) is 286 Å². The summed E-state index contributed by atoms with van der Waals surface area (Å²) in [6.45, 7) is 17.9. The number of ether oxygens (including phenoxy) is 2. The first-order chi connectivity index (χ1) is 28.6. The molecule has 334 valence electrons. The number of aliphatic hydroxyl groups is 3. The fourth-order valence-corrected chi connectivity index (χ4v) is 6.03. The van der Waals surface area contributed by atoms with Crippen molar-refractivity contribution >= 4 is 41.1 Å². The fraction of sp³-hybridized carbons (Fsp3) is 0.595. The normalized spacial score (nSPS) is 15.4. The number of aliphatic hydroxyl groups excluding tert-OH is 3. The third-order valence-corrected chi connectivity index (χ3v) is 9.18. The van der Waals surface area contributed by atoms with Crippen LogP contribution in [0.3, 0.4) is 0 Å². The predicted octanol–water partition coefficient (Wildman–Crippen LogP) is -3.93. The number of halogens is 1. The number of hydrogen-bond donors (Lipinski definition) is 5. The van der Waals surface area contributed by atoms with E-state index in [1.807, 2.05) is 4.90 Å². The van der Waals surface area contributed by atoms with Crippen molar-refractivity contribution < 1.29 is 68.6 Å². The van der Waals surface area contributed by atoms with Gasteiger partial charge in [0.15, 0.2) is 17.1 Å². The molecule has 61 heavy (non-hydrogen) atoms. The summed E-state index contributed by atoms with van der Waals surface area (Å²) in [4.78, 5) is 67.5. The summed E-state index contributed by atoms with van der Waals surface area (Å²) in [6, 6.07) is 4.52. The first kappa shape index (κ1) is 54.8. The number of hydrogen-bond acceptors (Lipinski definition) is 21. The molecule has 0 spiro atoms. The maximum atomic E-state index is 11.6. The molecule has 24 heteroatoms. The van der Waals surface area contributed by atoms with Crippen molar-refractivity contribution in [3.05, 3.63) is 59.4 Å². The number of anilines is 2. The van der Waals surface area contributed by atoms with E-state index in [4.69, 9.17) is 41.5 Å². The van der Waals surface area contributed by atoms with Crippen LogP contribution >= 0.6 is 11.6 Å². The average Bonchev–Trinajstić information content (AvgIpc) is 3.26. The summed E-state index contributed by atoms with van der Waals surface area (Å²) in [7, 11) is 0. The van der Waals surface area contributed by atoms with E-state index in [1.165, 1.54) is 31.1 Å². The van der Waals surface area contributed by atoms with E-state index in [2.05, 4.69) is 54.8 Å². The van der Waals surface area contributed by atoms with E-state index in [1.54, 1.807) is 19.9 Å². The van der Waals surface area contributed by atoms with Crippen LogP contribution in [0.2, 0.25) is 5.15 Å². The molecule has 0 aromatic carbocycles. The molecule has 3 saturated heterocycles. The number of piperazine rings is 3. The van der Waals surface area contributed by atoms with E-state index in [9.17, 15) is 14.4 Å². The predicted molar refractivity (Wildman–Crippen MR) is 220 cm³/mol. The Balaban J connectivity index is 0.000000418. The second kappa shape index (κ2) is 31.6. The minimum atomic E-state index is -1.04. The van der Waals surface area contributed by atoms with Crippen LogP contribution in [-0.2, 0) is 9.47 Å². The zero-order valence-electron chi connectivity index (χ0n) is 35.2. The van der Waals surface area contributed by atoms with Gasteiger partial charge in [0, 0.05) is 116 Å². The molecule has 0 atom stereocenters. The van der Waals surface area contributed by atoms with Crippen LogP contribution < -0.4 is 34.0 Å². The Morgan fingerprint density at radius 2 is 0.984 bits per heavy atom. The van der Waals surface area contributed by atoms with Gasteiger partial charge in [-0.25, -0.2) is 44.3 Å². The molecule has 6 N–H and O–H groups in total. The second-order valence-corrected chi connectivity index (χ2v) is 13.3. The summed E-state index contributed by atoms with van der Waals surface area (Å²) in [5, 5.41) is 38.7. The molecule has 3 fully saturated rings. The van der Waals surface area contributed by atoms with Crippen LogP contribution in [0, 0.1) is 0 Å². The van der Waals surface area contributed by atoms with Crippen molar-refractivity contribution in [2.75, 3.05) is 141 Å². The molecule has 6 heterocycles. The number of nitrogens with zero attached hydrogens (tertiary/aromatic N) is 11. The van der Waals surface area contributed by atoms with E-state index >= 15 is 0 Å². The summed E-state index contributed by atoms with van der Waals surface area (Å²) in [5.74, 6) is -0.563. The number of rotatable bonds is 13. The van der Waals surface area contributed by atoms with E-state index < -0.39 is 17.9 Å². The second-order valence-electron chi connectivity index (χ2n) is 12.9. The summed E-state index contributed by atoms with van der Waals surface area (Å²) in [6.07, 6.45) is 3.88. The summed E-state index contributed by atoms with van der Waals surface area (Å²) >= 11 is 5.53. The molecule has 3 aromatic rings. The SMILES string of the molecule is CCOC(=O)c1cc(Cl)ncn1.CCOC(=O)c1cc(N2CCN(CCO)CC2)ncn1.O=C(O)c1cc(N2CCN(CCO)CC2)ncn1.OCCN1CCNCC1.[Li+].[OH-]. The number of carboxylic acid groups (broad SMARTS) is 1. The Bertz CT molecular complexity index is 1690. The van der Waals surface area contributed by atoms with Gasteiger partial charge >= 0.3 is 36.8 Å². The Morgan fingerprint density at radius 3 is 1.38 bits per heavy atom. The molecule has 0 bridgehead atoms. The molecule has 0 unspecified atom stereocenters. The molecular weight excluding hydrogens is 815 g/mol. The van der Waals surface area contributed by atoms with Gasteiger partial charge in [-0.3, -0.25) is 14.7 Å². The number of carbonyl (C=O) groups is 3. The van der Waals surface area contributed by atoms with E-state index in [0.717, 1.165) is 90.9 Å². The van der Waals surface area contributed by atoms with Gasteiger partial charge in [0.1, 0.15) is 35.8 Å². The molecule has 0 aliphatic carbocycles. The van der Waals surface area contributed by atoms with E-state index in [0.29, 0.717) is 38.7 Å². The number of nitrogens with one attached hydrogen (secondary N) is 1. The van der Waals surface area contributed by atoms with Crippen molar-refractivity contribution in [3.63, 3.8) is 0 Å². The Kier molecular flexibility index (Phi) is 28.4. The van der Waals surface area contributed by atoms with Crippen LogP contribution in [0.5, 0.6) is 0 Å². The third kappa shape index (κ3) is 20.5. The minimum absolute atomic E-state index is 0. The van der Waals surface area contributed by atoms with Gasteiger partial charge in [-0.1, -0.05) is 11.6 Å². The Hall–Kier alpha value is -4.18. The zero-order valence-corrected chi connectivity index (χ0v) is 35.9. The fourth-order valence-electron chi connectivity index (χ4n) is 5.88. The van der Waals surface area contributed by atoms with Gasteiger partial charge in [0.2, 0.25) is 0 Å². The Labute approximate surface area is 372 Å². The van der Waals surface area contributed by atoms with E-state index in [-0.39, 0.29) is 59.8 Å². The number of aromatic carboxylic acids is 1. The average molecular weight is 873 g/mol. The van der Waals surface area contributed by atoms with Crippen LogP contribution in [0.4, 0.5) is 11.6 Å². The number of esters is 2. The van der Waals surface area contributed by atoms with Crippen molar-refractivity contribution in [1.29, 1.82) is 0 Å². The van der Waals surface area contributed by atoms with Gasteiger partial charge in [-0.2, -0.15) is 0 Å². The molecule has 0 amide bonds. The summed E-state index contributed by atoms with van der Waals surface area (Å²) < 4.78 is 9.63. The molecule has 0 saturated carbocycles. The molecule has 22 nitrogen and oxygen atoms in total. The minimum Gasteiger partial charge on any atom is -0.870 e. The molecule has 0 radical (unpaired) electrons. The largest absolute Gasteiger partial charge is 1.00 e. The van der Waals surface area contributed by atoms with Crippen LogP contribution in [0.1, 0.15) is 45.3 Å². The first-order valence-corrected chi connectivity index (χ1v) is 19.9. The monoisotopic (exact) mass is 872 g/mol. The number of aromatic nitrogens is 6. The zero-order chi connectivity index (χ0) is 42.8. The van der Waals surface area contributed by atoms with Crippen LogP contribution in [0.25, 0.3) is 0 Å². The van der Waals surface area contributed by atoms with Crippen molar-refractivity contribution in [1.82, 2.24) is 49.9 Å². The standard InChI is InChI=1S/C13H20N4O3.C11H16N4O3.C7H7ClN2O2.C6H14N2O.Li.H2O/c1-2-20-13(19)11-9-12(15-10-14-11)17-5-3-16(4-6-17)7-8-18;16-6-5-14-1-3-15(4-2-14)10-7-9(11(17)18)12-8-13-10;1-2-12-7(11)5-3-6(8)10-4-9-5;9-6-5-8-3-1-7-2-4-8;;/h9-10,18H,2-8H2,1H3;7-8,16H,1-6H2,(H,17,18);3-4H,2H2,1H3;7,9H,1-6H2;;1H2/q;;;;+1;/p-1. The molecular formula is C37H58ClLiN12O10. The molecule has 6 rings (SSSR count). The molecule has 3 aromatic heterocycles. The van der Waals surface area contributed by atoms with Gasteiger partial charge in [-0.15, -0.1) is 0 Å². The maximum absolute atomic E-state index is 11.6. The van der Waals surface area contributed by atoms with Crippen LogP contribution in [0.15, 0.2) is 37.2 Å². The van der Waals surface area contributed by atoms with Crippen molar-refractivity contribution in [3.8, 4) is 0 Å². The maximum Gasteiger partial charge on any atom is 1.00 e. The smallest absolute Gasteiger partial charge is 0.870 e. The molecule has 3 aliphatic rings. The number of carboxylic acids is 1. The molecule has 3 aliphatic heterocycles. The Morgan fingerprint density at radius 1 is 0.607 bits per heavy atom. The van der Waals surface area contributed by atoms with Gasteiger partial charge in [0.05, 0.1) is 33.0 Å². The van der Waals surface area contributed by atoms with Crippen molar-refractivity contribution in [2.45, 2.75) is 13.8 Å².